The minimum atomic E-state index is -0.395. The van der Waals surface area contributed by atoms with Crippen molar-refractivity contribution < 1.29 is 4.79 Å². The molecule has 0 saturated carbocycles. The van der Waals surface area contributed by atoms with Gasteiger partial charge in [0.1, 0.15) is 6.04 Å². The lowest BCUT2D eigenvalue weighted by molar-refractivity contribution is -0.123. The Morgan fingerprint density at radius 3 is 2.75 bits per heavy atom. The quantitative estimate of drug-likeness (QED) is 0.769. The van der Waals surface area contributed by atoms with Gasteiger partial charge in [0.05, 0.1) is 6.20 Å². The van der Waals surface area contributed by atoms with Crippen LogP contribution in [0.3, 0.4) is 0 Å². The predicted molar refractivity (Wildman–Crippen MR) is 95.3 cm³/mol. The average molecular weight is 329 g/mol. The van der Waals surface area contributed by atoms with E-state index in [1.54, 1.807) is 17.9 Å². The van der Waals surface area contributed by atoms with Gasteiger partial charge in [0.15, 0.2) is 0 Å². The van der Waals surface area contributed by atoms with Crippen LogP contribution in [0, 0.1) is 0 Å². The summed E-state index contributed by atoms with van der Waals surface area (Å²) in [7, 11) is 5.71. The highest BCUT2D eigenvalue weighted by atomic mass is 16.2. The van der Waals surface area contributed by atoms with Crippen molar-refractivity contribution in [3.8, 4) is 0 Å². The van der Waals surface area contributed by atoms with Gasteiger partial charge in [0.2, 0.25) is 5.91 Å². The van der Waals surface area contributed by atoms with Crippen LogP contribution in [-0.4, -0.2) is 41.2 Å². The number of hydrogen-bond donors (Lipinski definition) is 2. The van der Waals surface area contributed by atoms with E-state index in [2.05, 4.69) is 46.7 Å². The Morgan fingerprint density at radius 1 is 1.38 bits per heavy atom. The fourth-order valence-corrected chi connectivity index (χ4v) is 2.59. The first kappa shape index (κ1) is 18.2. The molecule has 0 aliphatic rings. The van der Waals surface area contributed by atoms with Gasteiger partial charge in [-0.3, -0.25) is 9.48 Å². The van der Waals surface area contributed by atoms with E-state index in [9.17, 15) is 4.79 Å². The summed E-state index contributed by atoms with van der Waals surface area (Å²) in [5, 5.41) is 10.2. The first-order valence-electron chi connectivity index (χ1n) is 8.23. The van der Waals surface area contributed by atoms with Crippen LogP contribution in [0.2, 0.25) is 0 Å². The highest BCUT2D eigenvalue weighted by molar-refractivity contribution is 5.83. The van der Waals surface area contributed by atoms with Gasteiger partial charge in [-0.2, -0.15) is 5.10 Å². The van der Waals surface area contributed by atoms with Gasteiger partial charge < -0.3 is 15.5 Å². The summed E-state index contributed by atoms with van der Waals surface area (Å²) in [6, 6.07) is 7.94. The van der Waals surface area contributed by atoms with Crippen molar-refractivity contribution in [2.75, 3.05) is 20.6 Å². The molecule has 0 radical (unpaired) electrons. The number of nitrogens with zero attached hydrogens (tertiary/aromatic N) is 3. The molecule has 1 aromatic heterocycles. The highest BCUT2D eigenvalue weighted by Crippen LogP contribution is 2.12. The molecule has 24 heavy (non-hydrogen) atoms. The molecule has 0 spiro atoms. The van der Waals surface area contributed by atoms with Crippen molar-refractivity contribution in [2.24, 2.45) is 7.05 Å². The highest BCUT2D eigenvalue weighted by Gasteiger charge is 2.19. The smallest absolute Gasteiger partial charge is 0.242 e. The maximum absolute atomic E-state index is 12.4. The molecule has 0 aliphatic carbocycles. The zero-order valence-electron chi connectivity index (χ0n) is 14.9. The average Bonchev–Trinajstić information content (AvgIpc) is 3.00. The molecule has 1 amide bonds. The lowest BCUT2D eigenvalue weighted by Crippen LogP contribution is -2.35. The molecule has 0 saturated heterocycles. The van der Waals surface area contributed by atoms with Gasteiger partial charge in [-0.15, -0.1) is 0 Å². The topological polar surface area (TPSA) is 62.2 Å². The van der Waals surface area contributed by atoms with Gasteiger partial charge >= 0.3 is 0 Å². The Morgan fingerprint density at radius 2 is 2.12 bits per heavy atom. The summed E-state index contributed by atoms with van der Waals surface area (Å²) in [5.74, 6) is -0.0541. The van der Waals surface area contributed by atoms with Crippen molar-refractivity contribution in [3.05, 3.63) is 53.3 Å². The molecular weight excluding hydrogens is 302 g/mol. The van der Waals surface area contributed by atoms with Crippen LogP contribution < -0.4 is 10.6 Å². The van der Waals surface area contributed by atoms with Crippen LogP contribution in [0.4, 0.5) is 0 Å². The fourth-order valence-electron chi connectivity index (χ4n) is 2.59. The molecule has 0 aliphatic heterocycles. The van der Waals surface area contributed by atoms with Crippen molar-refractivity contribution >= 4 is 5.91 Å². The first-order valence-corrected chi connectivity index (χ1v) is 8.23. The Labute approximate surface area is 143 Å². The number of carbonyl (C=O) groups excluding carboxylic acids is 1. The van der Waals surface area contributed by atoms with Crippen LogP contribution in [-0.2, 0) is 24.9 Å². The Hall–Kier alpha value is -2.18. The molecular formula is C18H27N5O. The number of nitrogens with one attached hydrogen (secondary N) is 2. The molecule has 6 heteroatoms. The predicted octanol–water partition coefficient (Wildman–Crippen LogP) is 1.45. The van der Waals surface area contributed by atoms with Gasteiger partial charge in [-0.1, -0.05) is 31.2 Å². The molecule has 2 N–H and O–H groups in total. The lowest BCUT2D eigenvalue weighted by atomic mass is 10.1. The van der Waals surface area contributed by atoms with Crippen molar-refractivity contribution in [3.63, 3.8) is 0 Å². The zero-order chi connectivity index (χ0) is 17.5. The largest absolute Gasteiger partial charge is 0.350 e. The van der Waals surface area contributed by atoms with Gasteiger partial charge in [-0.05, 0) is 31.8 Å². The van der Waals surface area contributed by atoms with Gasteiger partial charge in [-0.25, -0.2) is 0 Å². The van der Waals surface area contributed by atoms with E-state index in [-0.39, 0.29) is 5.91 Å². The molecule has 1 unspecified atom stereocenters. The summed E-state index contributed by atoms with van der Waals surface area (Å²) in [6.45, 7) is 4.57. The zero-order valence-corrected chi connectivity index (χ0v) is 14.9. The number of hydrogen-bond acceptors (Lipinski definition) is 4. The second kappa shape index (κ2) is 8.61. The van der Waals surface area contributed by atoms with Crippen LogP contribution in [0.25, 0.3) is 0 Å². The summed E-state index contributed by atoms with van der Waals surface area (Å²) >= 11 is 0. The van der Waals surface area contributed by atoms with Gasteiger partial charge in [0, 0.05) is 31.9 Å². The molecule has 1 atom stereocenters. The number of amides is 1. The minimum Gasteiger partial charge on any atom is -0.350 e. The van der Waals surface area contributed by atoms with Crippen molar-refractivity contribution in [2.45, 2.75) is 26.1 Å². The molecule has 6 nitrogen and oxygen atoms in total. The number of benzene rings is 1. The van der Waals surface area contributed by atoms with Crippen LogP contribution in [0.1, 0.15) is 29.7 Å². The van der Waals surface area contributed by atoms with E-state index in [1.807, 2.05) is 25.4 Å². The Bertz CT molecular complexity index is 667. The van der Waals surface area contributed by atoms with Crippen LogP contribution in [0.15, 0.2) is 36.7 Å². The summed E-state index contributed by atoms with van der Waals surface area (Å²) < 4.78 is 1.70. The molecule has 130 valence electrons. The molecule has 0 bridgehead atoms. The SMILES string of the molecule is CCN(C)Cc1cccc(CNC(=O)C(NC)c2cnn(C)c2)c1. The van der Waals surface area contributed by atoms with Crippen LogP contribution >= 0.6 is 0 Å². The van der Waals surface area contributed by atoms with E-state index >= 15 is 0 Å². The van der Waals surface area contributed by atoms with Crippen LogP contribution in [0.5, 0.6) is 0 Å². The number of aryl methyl sites for hydroxylation is 1. The number of aromatic nitrogens is 2. The van der Waals surface area contributed by atoms with Crippen molar-refractivity contribution in [1.82, 2.24) is 25.3 Å². The first-order chi connectivity index (χ1) is 11.5. The molecule has 1 aromatic carbocycles. The maximum Gasteiger partial charge on any atom is 0.242 e. The molecule has 2 rings (SSSR count). The molecule has 0 fully saturated rings. The summed E-state index contributed by atoms with van der Waals surface area (Å²) in [4.78, 5) is 14.7. The number of likely N-dealkylation sites (N-methyl/N-ethyl adjacent to an activating group) is 1. The summed E-state index contributed by atoms with van der Waals surface area (Å²) in [5.41, 5.74) is 3.21. The second-order valence-electron chi connectivity index (χ2n) is 6.04. The standard InChI is InChI=1S/C18H27N5O/c1-5-22(3)12-15-8-6-7-14(9-15)10-20-18(24)17(19-2)16-11-21-23(4)13-16/h6-9,11,13,17,19H,5,10,12H2,1-4H3,(H,20,24). The van der Waals surface area contributed by atoms with Gasteiger partial charge in [0.25, 0.3) is 0 Å². The molecule has 1 heterocycles. The second-order valence-corrected chi connectivity index (χ2v) is 6.04. The third-order valence-corrected chi connectivity index (χ3v) is 4.06. The third kappa shape index (κ3) is 4.91. The number of carbonyl (C=O) groups is 1. The third-order valence-electron chi connectivity index (χ3n) is 4.06. The lowest BCUT2D eigenvalue weighted by Gasteiger charge is -2.16. The monoisotopic (exact) mass is 329 g/mol. The van der Waals surface area contributed by atoms with E-state index in [0.717, 1.165) is 24.2 Å². The Balaban J connectivity index is 1.96. The minimum absolute atomic E-state index is 0.0541. The maximum atomic E-state index is 12.4. The van der Waals surface area contributed by atoms with E-state index in [4.69, 9.17) is 0 Å². The van der Waals surface area contributed by atoms with E-state index in [1.165, 1.54) is 5.56 Å². The van der Waals surface area contributed by atoms with E-state index < -0.39 is 6.04 Å². The summed E-state index contributed by atoms with van der Waals surface area (Å²) in [6.07, 6.45) is 3.56. The molecule has 2 aromatic rings. The normalized spacial score (nSPS) is 12.4. The fraction of sp³-hybridized carbons (Fsp3) is 0.444. The Kier molecular flexibility index (Phi) is 6.52. The van der Waals surface area contributed by atoms with Crippen molar-refractivity contribution in [1.29, 1.82) is 0 Å². The van der Waals surface area contributed by atoms with E-state index in [0.29, 0.717) is 6.54 Å². The number of rotatable bonds is 8.